The second-order valence-corrected chi connectivity index (χ2v) is 6.17. The third kappa shape index (κ3) is 6.89. The highest BCUT2D eigenvalue weighted by Crippen LogP contribution is 2.10. The van der Waals surface area contributed by atoms with Crippen LogP contribution >= 0.6 is 24.0 Å². The Morgan fingerprint density at radius 1 is 1.31 bits per heavy atom. The predicted octanol–water partition coefficient (Wildman–Crippen LogP) is 3.59. The lowest BCUT2D eigenvalue weighted by atomic mass is 10.2. The maximum atomic E-state index is 13.0. The van der Waals surface area contributed by atoms with Gasteiger partial charge in [-0.05, 0) is 24.6 Å². The molecule has 0 aliphatic carbocycles. The number of aromatic nitrogens is 2. The second-order valence-electron chi connectivity index (χ2n) is 6.17. The fourth-order valence-electron chi connectivity index (χ4n) is 2.27. The molecule has 0 atom stereocenters. The normalized spacial score (nSPS) is 11.4. The lowest BCUT2D eigenvalue weighted by Gasteiger charge is -2.22. The van der Waals surface area contributed by atoms with Gasteiger partial charge in [0.25, 0.3) is 0 Å². The molecule has 0 radical (unpaired) electrons. The molecule has 0 saturated carbocycles. The van der Waals surface area contributed by atoms with Gasteiger partial charge >= 0.3 is 0 Å². The molecule has 0 amide bonds. The van der Waals surface area contributed by atoms with Crippen LogP contribution in [0.15, 0.2) is 33.8 Å². The number of hydrogen-bond acceptors (Lipinski definition) is 4. The first-order valence-corrected chi connectivity index (χ1v) is 8.56. The standard InChI is InChI=1S/C18H26FN5O.HI/c1-5-20-18(24(4)12-14-6-8-15(19)9-7-14)21-11-10-16-22-17(13(2)3)23-25-16;/h6-9,13H,5,10-12H2,1-4H3,(H,20,21);1H. The molecule has 1 aromatic heterocycles. The van der Waals surface area contributed by atoms with Crippen LogP contribution in [0.1, 0.15) is 44.0 Å². The van der Waals surface area contributed by atoms with E-state index in [4.69, 9.17) is 4.52 Å². The van der Waals surface area contributed by atoms with Gasteiger partial charge in [0.1, 0.15) is 5.82 Å². The van der Waals surface area contributed by atoms with Gasteiger partial charge in [0.15, 0.2) is 11.8 Å². The van der Waals surface area contributed by atoms with Crippen LogP contribution in [-0.2, 0) is 13.0 Å². The van der Waals surface area contributed by atoms with Crippen molar-refractivity contribution in [2.24, 2.45) is 4.99 Å². The molecule has 144 valence electrons. The van der Waals surface area contributed by atoms with E-state index >= 15 is 0 Å². The van der Waals surface area contributed by atoms with E-state index in [2.05, 4.69) is 20.4 Å². The Balaban J connectivity index is 0.00000338. The van der Waals surface area contributed by atoms with Crippen molar-refractivity contribution in [3.63, 3.8) is 0 Å². The lowest BCUT2D eigenvalue weighted by Crippen LogP contribution is -2.38. The topological polar surface area (TPSA) is 66.5 Å². The maximum absolute atomic E-state index is 13.0. The SMILES string of the molecule is CCNC(=NCCc1nc(C(C)C)no1)N(C)Cc1ccc(F)cc1.I. The molecule has 2 rings (SSSR count). The summed E-state index contributed by atoms with van der Waals surface area (Å²) in [5.74, 6) is 2.13. The van der Waals surface area contributed by atoms with Crippen molar-refractivity contribution in [2.45, 2.75) is 39.7 Å². The van der Waals surface area contributed by atoms with Crippen molar-refractivity contribution < 1.29 is 8.91 Å². The van der Waals surface area contributed by atoms with Crippen LogP contribution in [0.2, 0.25) is 0 Å². The van der Waals surface area contributed by atoms with E-state index in [1.807, 2.05) is 32.7 Å². The van der Waals surface area contributed by atoms with Gasteiger partial charge in [-0.25, -0.2) is 4.39 Å². The van der Waals surface area contributed by atoms with Crippen LogP contribution in [-0.4, -0.2) is 41.1 Å². The van der Waals surface area contributed by atoms with Gasteiger partial charge in [-0.15, -0.1) is 24.0 Å². The summed E-state index contributed by atoms with van der Waals surface area (Å²) in [6.07, 6.45) is 0.596. The number of halogens is 2. The Kier molecular flexibility index (Phi) is 9.53. The van der Waals surface area contributed by atoms with Gasteiger partial charge in [-0.1, -0.05) is 31.1 Å². The molecule has 26 heavy (non-hydrogen) atoms. The van der Waals surface area contributed by atoms with Gasteiger partial charge in [0.2, 0.25) is 5.89 Å². The van der Waals surface area contributed by atoms with Crippen LogP contribution in [0.3, 0.4) is 0 Å². The summed E-state index contributed by atoms with van der Waals surface area (Å²) < 4.78 is 18.2. The van der Waals surface area contributed by atoms with Crippen LogP contribution in [0, 0.1) is 5.82 Å². The Morgan fingerprint density at radius 3 is 2.58 bits per heavy atom. The molecule has 6 nitrogen and oxygen atoms in total. The largest absolute Gasteiger partial charge is 0.357 e. The van der Waals surface area contributed by atoms with E-state index in [0.29, 0.717) is 25.4 Å². The van der Waals surface area contributed by atoms with E-state index < -0.39 is 0 Å². The zero-order valence-electron chi connectivity index (χ0n) is 15.7. The van der Waals surface area contributed by atoms with Crippen molar-refractivity contribution in [1.29, 1.82) is 0 Å². The first-order valence-electron chi connectivity index (χ1n) is 8.56. The van der Waals surface area contributed by atoms with Crippen LogP contribution in [0.4, 0.5) is 4.39 Å². The third-order valence-corrected chi connectivity index (χ3v) is 3.62. The monoisotopic (exact) mass is 475 g/mol. The van der Waals surface area contributed by atoms with Gasteiger partial charge in [0, 0.05) is 32.5 Å². The Hall–Kier alpha value is -1.71. The summed E-state index contributed by atoms with van der Waals surface area (Å²) in [6, 6.07) is 6.49. The molecule has 0 bridgehead atoms. The molecule has 0 unspecified atom stereocenters. The number of nitrogens with zero attached hydrogens (tertiary/aromatic N) is 4. The van der Waals surface area contributed by atoms with E-state index in [-0.39, 0.29) is 35.7 Å². The molecule has 0 saturated heterocycles. The molecule has 1 aromatic carbocycles. The number of guanidine groups is 1. The molecule has 1 N–H and O–H groups in total. The minimum absolute atomic E-state index is 0. The molecular weight excluding hydrogens is 448 g/mol. The number of benzene rings is 1. The summed E-state index contributed by atoms with van der Waals surface area (Å²) in [5, 5.41) is 7.22. The van der Waals surface area contributed by atoms with Gasteiger partial charge in [-0.2, -0.15) is 4.98 Å². The zero-order chi connectivity index (χ0) is 18.2. The van der Waals surface area contributed by atoms with Crippen LogP contribution in [0.5, 0.6) is 0 Å². The smallest absolute Gasteiger partial charge is 0.228 e. The number of nitrogens with one attached hydrogen (secondary N) is 1. The highest BCUT2D eigenvalue weighted by molar-refractivity contribution is 14.0. The minimum atomic E-state index is -0.229. The average molecular weight is 475 g/mol. The second kappa shape index (κ2) is 11.1. The molecule has 0 aliphatic rings. The average Bonchev–Trinajstić information content (AvgIpc) is 3.05. The molecule has 2 aromatic rings. The van der Waals surface area contributed by atoms with Gasteiger partial charge in [0.05, 0.1) is 6.54 Å². The maximum Gasteiger partial charge on any atom is 0.228 e. The third-order valence-electron chi connectivity index (χ3n) is 3.62. The highest BCUT2D eigenvalue weighted by atomic mass is 127. The lowest BCUT2D eigenvalue weighted by molar-refractivity contribution is 0.372. The summed E-state index contributed by atoms with van der Waals surface area (Å²) >= 11 is 0. The minimum Gasteiger partial charge on any atom is -0.357 e. The Labute approximate surface area is 171 Å². The number of rotatable bonds is 7. The predicted molar refractivity (Wildman–Crippen MR) is 111 cm³/mol. The first-order chi connectivity index (χ1) is 12.0. The van der Waals surface area contributed by atoms with E-state index in [1.54, 1.807) is 12.1 Å². The number of hydrogen-bond donors (Lipinski definition) is 1. The highest BCUT2D eigenvalue weighted by Gasteiger charge is 2.10. The van der Waals surface area contributed by atoms with Gasteiger partial charge < -0.3 is 14.7 Å². The quantitative estimate of drug-likeness (QED) is 0.377. The molecule has 0 fully saturated rings. The Bertz CT molecular complexity index is 687. The van der Waals surface area contributed by atoms with Crippen molar-refractivity contribution >= 4 is 29.9 Å². The van der Waals surface area contributed by atoms with E-state index in [9.17, 15) is 4.39 Å². The van der Waals surface area contributed by atoms with Gasteiger partial charge in [-0.3, -0.25) is 4.99 Å². The van der Waals surface area contributed by atoms with E-state index in [1.165, 1.54) is 12.1 Å². The van der Waals surface area contributed by atoms with Crippen molar-refractivity contribution in [2.75, 3.05) is 20.1 Å². The van der Waals surface area contributed by atoms with Crippen molar-refractivity contribution in [3.8, 4) is 0 Å². The summed E-state index contributed by atoms with van der Waals surface area (Å²) in [5.41, 5.74) is 1.02. The summed E-state index contributed by atoms with van der Waals surface area (Å²) in [4.78, 5) is 11.0. The fourth-order valence-corrected chi connectivity index (χ4v) is 2.27. The zero-order valence-corrected chi connectivity index (χ0v) is 18.0. The molecule has 1 heterocycles. The number of aliphatic imine (C=N–C) groups is 1. The molecule has 0 spiro atoms. The molecule has 0 aliphatic heterocycles. The fraction of sp³-hybridized carbons (Fsp3) is 0.500. The summed E-state index contributed by atoms with van der Waals surface area (Å²) in [6.45, 7) is 8.04. The summed E-state index contributed by atoms with van der Waals surface area (Å²) in [7, 11) is 1.95. The van der Waals surface area contributed by atoms with Crippen LogP contribution < -0.4 is 5.32 Å². The van der Waals surface area contributed by atoms with Crippen molar-refractivity contribution in [1.82, 2.24) is 20.4 Å². The molecule has 8 heteroatoms. The first kappa shape index (κ1) is 22.3. The van der Waals surface area contributed by atoms with Crippen LogP contribution in [0.25, 0.3) is 0 Å². The van der Waals surface area contributed by atoms with Crippen molar-refractivity contribution in [3.05, 3.63) is 47.4 Å². The van der Waals surface area contributed by atoms with E-state index in [0.717, 1.165) is 23.9 Å². The Morgan fingerprint density at radius 2 is 2.00 bits per heavy atom. The molecular formula is C18H27FIN5O.